The first-order valence-corrected chi connectivity index (χ1v) is 14.6. The largest absolute Gasteiger partial charge is 0.436 e. The molecular weight excluding hydrogens is 595 g/mol. The minimum Gasteiger partial charge on any atom is -0.352 e. The second-order valence-electron chi connectivity index (χ2n) is 10.9. The molecule has 5 rings (SSSR count). The van der Waals surface area contributed by atoms with Gasteiger partial charge in [0.05, 0.1) is 29.9 Å². The minimum absolute atomic E-state index is 0.0111. The molecule has 44 heavy (non-hydrogen) atoms. The van der Waals surface area contributed by atoms with Crippen LogP contribution in [-0.2, 0) is 17.4 Å². The van der Waals surface area contributed by atoms with Crippen molar-refractivity contribution < 1.29 is 18.0 Å². The fourth-order valence-electron chi connectivity index (χ4n) is 5.41. The van der Waals surface area contributed by atoms with Crippen molar-refractivity contribution in [3.8, 4) is 16.9 Å². The Kier molecular flexibility index (Phi) is 9.28. The van der Waals surface area contributed by atoms with E-state index in [2.05, 4.69) is 31.7 Å². The molecule has 0 aliphatic carbocycles. The summed E-state index contributed by atoms with van der Waals surface area (Å²) in [7, 11) is 1.70. The van der Waals surface area contributed by atoms with E-state index >= 15 is 0 Å². The number of benzene rings is 2. The van der Waals surface area contributed by atoms with E-state index in [0.29, 0.717) is 42.7 Å². The Morgan fingerprint density at radius 2 is 1.95 bits per heavy atom. The molecule has 1 aliphatic rings. The van der Waals surface area contributed by atoms with Gasteiger partial charge in [-0.2, -0.15) is 13.2 Å². The Morgan fingerprint density at radius 1 is 1.14 bits per heavy atom. The van der Waals surface area contributed by atoms with E-state index < -0.39 is 11.9 Å². The number of aliphatic imine (C=N–C) groups is 1. The van der Waals surface area contributed by atoms with Crippen LogP contribution in [0.2, 0.25) is 5.02 Å². The Bertz CT molecular complexity index is 1730. The molecule has 230 valence electrons. The number of nitrogens with one attached hydrogen (secondary N) is 1. The molecule has 0 radical (unpaired) electrons. The molecule has 2 aromatic heterocycles. The van der Waals surface area contributed by atoms with Crippen LogP contribution in [0, 0.1) is 5.92 Å². The molecule has 2 bridgehead atoms. The number of hydrogen-bond donors (Lipinski definition) is 1. The molecule has 0 saturated heterocycles. The zero-order valence-electron chi connectivity index (χ0n) is 24.1. The highest BCUT2D eigenvalue weighted by molar-refractivity contribution is 6.31. The summed E-state index contributed by atoms with van der Waals surface area (Å²) in [5.41, 5.74) is 1.23. The van der Waals surface area contributed by atoms with Gasteiger partial charge in [0.1, 0.15) is 0 Å². The van der Waals surface area contributed by atoms with Gasteiger partial charge in [-0.3, -0.25) is 14.2 Å². The molecule has 13 heteroatoms. The van der Waals surface area contributed by atoms with Crippen molar-refractivity contribution in [2.45, 2.75) is 57.3 Å². The molecule has 3 heterocycles. The lowest BCUT2D eigenvalue weighted by Crippen LogP contribution is -2.40. The van der Waals surface area contributed by atoms with Gasteiger partial charge in [-0.05, 0) is 48.6 Å². The molecule has 3 atom stereocenters. The van der Waals surface area contributed by atoms with Crippen molar-refractivity contribution in [2.24, 2.45) is 10.9 Å². The average molecular weight is 626 g/mol. The van der Waals surface area contributed by atoms with Gasteiger partial charge in [0.25, 0.3) is 5.56 Å². The Hall–Kier alpha value is -4.32. The van der Waals surface area contributed by atoms with Crippen molar-refractivity contribution >= 4 is 23.7 Å². The van der Waals surface area contributed by atoms with Crippen LogP contribution in [0.4, 0.5) is 13.2 Å². The third kappa shape index (κ3) is 7.07. The molecule has 2 aromatic carbocycles. The van der Waals surface area contributed by atoms with E-state index in [1.54, 1.807) is 17.8 Å². The van der Waals surface area contributed by atoms with Gasteiger partial charge in [0.2, 0.25) is 5.91 Å². The maximum atomic E-state index is 13.7. The molecule has 0 saturated carbocycles. The van der Waals surface area contributed by atoms with Crippen LogP contribution in [0.15, 0.2) is 70.8 Å². The normalized spacial score (nSPS) is 19.8. The first kappa shape index (κ1) is 31.1. The van der Waals surface area contributed by atoms with E-state index in [1.807, 2.05) is 25.1 Å². The van der Waals surface area contributed by atoms with Crippen LogP contribution in [0.25, 0.3) is 16.9 Å². The quantitative estimate of drug-likeness (QED) is 0.287. The zero-order valence-corrected chi connectivity index (χ0v) is 24.9. The number of rotatable bonds is 5. The number of carbonyl (C=O) groups is 1. The highest BCUT2D eigenvalue weighted by atomic mass is 35.5. The molecule has 0 unspecified atom stereocenters. The van der Waals surface area contributed by atoms with Gasteiger partial charge in [0, 0.05) is 48.3 Å². The van der Waals surface area contributed by atoms with E-state index in [-0.39, 0.29) is 40.8 Å². The van der Waals surface area contributed by atoms with Crippen LogP contribution in [0.3, 0.4) is 0 Å². The SMILES string of the molecule is C/N=C/C[C@H]1Cc2cccc(c2)[C@@H](n2cnc(-c3cc(Cl)ccc3-n3cc(C(F)(F)F)nn3)cc2=O)CCC[C@@H](C)C(=O)N1. The van der Waals surface area contributed by atoms with Gasteiger partial charge in [0.15, 0.2) is 5.69 Å². The van der Waals surface area contributed by atoms with E-state index in [0.717, 1.165) is 22.0 Å². The summed E-state index contributed by atoms with van der Waals surface area (Å²) in [4.78, 5) is 35.2. The summed E-state index contributed by atoms with van der Waals surface area (Å²) in [6.07, 6.45) is 2.47. The Balaban J connectivity index is 1.52. The number of hydrogen-bond acceptors (Lipinski definition) is 6. The number of carbonyl (C=O) groups excluding carboxylic acids is 1. The third-order valence-electron chi connectivity index (χ3n) is 7.74. The minimum atomic E-state index is -4.67. The van der Waals surface area contributed by atoms with Crippen LogP contribution in [-0.4, -0.2) is 49.8 Å². The molecule has 4 aromatic rings. The second kappa shape index (κ2) is 13.1. The number of nitrogens with zero attached hydrogens (tertiary/aromatic N) is 6. The predicted octanol–water partition coefficient (Wildman–Crippen LogP) is 5.69. The Morgan fingerprint density at radius 3 is 2.68 bits per heavy atom. The van der Waals surface area contributed by atoms with Gasteiger partial charge in [-0.1, -0.05) is 54.4 Å². The lowest BCUT2D eigenvalue weighted by molar-refractivity contribution is -0.141. The van der Waals surface area contributed by atoms with Crippen molar-refractivity contribution in [3.63, 3.8) is 0 Å². The summed E-state index contributed by atoms with van der Waals surface area (Å²) >= 11 is 6.24. The van der Waals surface area contributed by atoms with E-state index in [9.17, 15) is 22.8 Å². The van der Waals surface area contributed by atoms with Crippen molar-refractivity contribution in [2.75, 3.05) is 7.05 Å². The van der Waals surface area contributed by atoms with Crippen LogP contribution < -0.4 is 10.9 Å². The highest BCUT2D eigenvalue weighted by Gasteiger charge is 2.35. The fraction of sp³-hybridized carbons (Fsp3) is 0.355. The fourth-order valence-corrected chi connectivity index (χ4v) is 5.58. The summed E-state index contributed by atoms with van der Waals surface area (Å²) < 4.78 is 42.1. The van der Waals surface area contributed by atoms with E-state index in [1.165, 1.54) is 30.6 Å². The molecular formula is C31H31ClF3N7O2. The first-order valence-electron chi connectivity index (χ1n) is 14.2. The molecule has 0 spiro atoms. The van der Waals surface area contributed by atoms with Crippen LogP contribution >= 0.6 is 11.6 Å². The zero-order chi connectivity index (χ0) is 31.4. The number of halogens is 4. The van der Waals surface area contributed by atoms with Crippen LogP contribution in [0.5, 0.6) is 0 Å². The average Bonchev–Trinajstić information content (AvgIpc) is 3.49. The molecule has 9 nitrogen and oxygen atoms in total. The molecule has 1 aliphatic heterocycles. The lowest BCUT2D eigenvalue weighted by atomic mass is 9.92. The Labute approximate surface area is 256 Å². The van der Waals surface area contributed by atoms with Crippen molar-refractivity contribution in [1.82, 2.24) is 29.9 Å². The number of amides is 1. The summed E-state index contributed by atoms with van der Waals surface area (Å²) in [6, 6.07) is 13.4. The van der Waals surface area contributed by atoms with Gasteiger partial charge >= 0.3 is 6.18 Å². The van der Waals surface area contributed by atoms with Gasteiger partial charge in [-0.25, -0.2) is 9.67 Å². The lowest BCUT2D eigenvalue weighted by Gasteiger charge is -2.25. The molecule has 1 N–H and O–H groups in total. The van der Waals surface area contributed by atoms with Gasteiger partial charge in [-0.15, -0.1) is 5.10 Å². The predicted molar refractivity (Wildman–Crippen MR) is 161 cm³/mol. The highest BCUT2D eigenvalue weighted by Crippen LogP contribution is 2.32. The number of alkyl halides is 3. The standard InChI is InChI=1S/C31H31ClF3N7O2/c1-19-5-3-8-26(21-7-4-6-20(13-21)14-23(11-12-36-2)38-30(19)44)41-18-37-25(16-29(41)43)24-15-22(32)9-10-27(24)42-17-28(39-40-42)31(33,34)35/h4,6-7,9-10,12-13,15-19,23,26H,3,5,8,11,14H2,1-2H3,(H,38,44)/b36-12+/t19-,23+,26+/m1/s1. The number of fused-ring (bicyclic) bond motifs is 2. The van der Waals surface area contributed by atoms with E-state index in [4.69, 9.17) is 11.6 Å². The van der Waals surface area contributed by atoms with Crippen molar-refractivity contribution in [1.29, 1.82) is 0 Å². The van der Waals surface area contributed by atoms with Gasteiger partial charge < -0.3 is 10.3 Å². The maximum absolute atomic E-state index is 13.7. The smallest absolute Gasteiger partial charge is 0.352 e. The monoisotopic (exact) mass is 625 g/mol. The summed E-state index contributed by atoms with van der Waals surface area (Å²) in [5.74, 6) is -0.217. The second-order valence-corrected chi connectivity index (χ2v) is 11.3. The number of aromatic nitrogens is 5. The van der Waals surface area contributed by atoms with Crippen LogP contribution in [0.1, 0.15) is 55.5 Å². The topological polar surface area (TPSA) is 107 Å². The first-order chi connectivity index (χ1) is 21.0. The molecule has 1 amide bonds. The third-order valence-corrected chi connectivity index (χ3v) is 7.97. The summed E-state index contributed by atoms with van der Waals surface area (Å²) in [6.45, 7) is 1.90. The maximum Gasteiger partial charge on any atom is 0.436 e. The summed E-state index contributed by atoms with van der Waals surface area (Å²) in [5, 5.41) is 10.3. The van der Waals surface area contributed by atoms with Crippen molar-refractivity contribution in [3.05, 3.63) is 93.3 Å². The molecule has 0 fully saturated rings.